The molecule has 1 aliphatic carbocycles. The van der Waals surface area contributed by atoms with Gasteiger partial charge in [0.05, 0.1) is 13.2 Å². The number of ether oxygens (including phenoxy) is 2. The van der Waals surface area contributed by atoms with E-state index in [9.17, 15) is 14.4 Å². The van der Waals surface area contributed by atoms with Crippen molar-refractivity contribution in [2.75, 3.05) is 32.8 Å². The second-order valence-electron chi connectivity index (χ2n) is 7.89. The molecule has 8 nitrogen and oxygen atoms in total. The van der Waals surface area contributed by atoms with Crippen molar-refractivity contribution in [3.05, 3.63) is 59.7 Å². The molecule has 2 N–H and O–H groups in total. The Hall–Kier alpha value is -3.39. The predicted molar refractivity (Wildman–Crippen MR) is 116 cm³/mol. The summed E-state index contributed by atoms with van der Waals surface area (Å²) in [6.45, 7) is 1.18. The summed E-state index contributed by atoms with van der Waals surface area (Å²) in [6, 6.07) is 16.3. The van der Waals surface area contributed by atoms with Gasteiger partial charge in [0, 0.05) is 25.4 Å². The molecule has 4 rings (SSSR count). The molecule has 1 atom stereocenters. The Balaban J connectivity index is 1.21. The molecule has 32 heavy (non-hydrogen) atoms. The van der Waals surface area contributed by atoms with Crippen molar-refractivity contribution >= 4 is 18.0 Å². The third-order valence-electron chi connectivity index (χ3n) is 5.88. The van der Waals surface area contributed by atoms with E-state index in [1.165, 1.54) is 16.0 Å². The number of benzene rings is 2. The number of nitrogens with zero attached hydrogens (tertiary/aromatic N) is 1. The number of alkyl carbamates (subject to hydrolysis) is 1. The van der Waals surface area contributed by atoms with Crippen molar-refractivity contribution in [3.63, 3.8) is 0 Å². The van der Waals surface area contributed by atoms with Crippen molar-refractivity contribution in [1.82, 2.24) is 10.2 Å². The van der Waals surface area contributed by atoms with Crippen molar-refractivity contribution in [3.8, 4) is 11.1 Å². The van der Waals surface area contributed by atoms with Gasteiger partial charge >= 0.3 is 12.1 Å². The predicted octanol–water partition coefficient (Wildman–Crippen LogP) is 2.62. The third-order valence-corrected chi connectivity index (χ3v) is 5.88. The standard InChI is InChI=1S/C24H26N2O6/c27-22(26-12-13-31-21(14-26)23(28)29)10-5-11-25-24(30)32-15-20-18-8-3-1-6-16(18)17-7-2-4-9-19(17)20/h1-4,6-9,20-21H,5,10-15H2,(H,25,30)(H,28,29). The van der Waals surface area contributed by atoms with Crippen LogP contribution >= 0.6 is 0 Å². The van der Waals surface area contributed by atoms with E-state index < -0.39 is 18.2 Å². The highest BCUT2D eigenvalue weighted by molar-refractivity contribution is 5.80. The number of nitrogens with one attached hydrogen (secondary N) is 1. The number of carboxylic acids is 1. The number of amides is 2. The second-order valence-corrected chi connectivity index (χ2v) is 7.89. The molecule has 2 aromatic carbocycles. The number of hydrogen-bond acceptors (Lipinski definition) is 5. The average Bonchev–Trinajstić information content (AvgIpc) is 3.14. The zero-order valence-corrected chi connectivity index (χ0v) is 17.7. The largest absolute Gasteiger partial charge is 0.479 e. The molecule has 1 heterocycles. The van der Waals surface area contributed by atoms with Crippen LogP contribution in [0.3, 0.4) is 0 Å². The summed E-state index contributed by atoms with van der Waals surface area (Å²) in [6.07, 6.45) is -0.836. The van der Waals surface area contributed by atoms with Gasteiger partial charge in [0.25, 0.3) is 0 Å². The van der Waals surface area contributed by atoms with Gasteiger partial charge in [-0.05, 0) is 28.7 Å². The van der Waals surface area contributed by atoms with Crippen LogP contribution in [0.1, 0.15) is 29.9 Å². The van der Waals surface area contributed by atoms with Crippen molar-refractivity contribution < 1.29 is 29.0 Å². The minimum absolute atomic E-state index is 0.00164. The van der Waals surface area contributed by atoms with E-state index in [1.807, 2.05) is 24.3 Å². The fourth-order valence-corrected chi connectivity index (χ4v) is 4.26. The number of morpholine rings is 1. The Morgan fingerprint density at radius 2 is 1.72 bits per heavy atom. The lowest BCUT2D eigenvalue weighted by Gasteiger charge is -2.30. The number of carboxylic acid groups (broad SMARTS) is 1. The molecule has 0 aromatic heterocycles. The Morgan fingerprint density at radius 1 is 1.06 bits per heavy atom. The first-order valence-electron chi connectivity index (χ1n) is 10.8. The van der Waals surface area contributed by atoms with Gasteiger partial charge in [0.15, 0.2) is 6.10 Å². The molecular formula is C24H26N2O6. The molecule has 168 valence electrons. The highest BCUT2D eigenvalue weighted by Gasteiger charge is 2.30. The monoisotopic (exact) mass is 438 g/mol. The van der Waals surface area contributed by atoms with Crippen LogP contribution in [0.4, 0.5) is 4.79 Å². The normalized spacial score (nSPS) is 17.4. The molecule has 1 saturated heterocycles. The lowest BCUT2D eigenvalue weighted by atomic mass is 9.98. The minimum atomic E-state index is -1.07. The van der Waals surface area contributed by atoms with E-state index in [4.69, 9.17) is 14.6 Å². The molecule has 0 bridgehead atoms. The average molecular weight is 438 g/mol. The number of carbonyl (C=O) groups is 3. The van der Waals surface area contributed by atoms with Gasteiger partial charge in [-0.1, -0.05) is 48.5 Å². The Labute approximate surface area is 186 Å². The van der Waals surface area contributed by atoms with E-state index >= 15 is 0 Å². The zero-order valence-electron chi connectivity index (χ0n) is 17.7. The maximum Gasteiger partial charge on any atom is 0.407 e. The topological polar surface area (TPSA) is 105 Å². The number of rotatable bonds is 7. The van der Waals surface area contributed by atoms with Gasteiger partial charge in [0.1, 0.15) is 6.61 Å². The van der Waals surface area contributed by atoms with Crippen LogP contribution in [0.25, 0.3) is 11.1 Å². The fraction of sp³-hybridized carbons (Fsp3) is 0.375. The summed E-state index contributed by atoms with van der Waals surface area (Å²) < 4.78 is 10.6. The maximum atomic E-state index is 12.3. The first-order chi connectivity index (χ1) is 15.5. The van der Waals surface area contributed by atoms with Gasteiger partial charge < -0.3 is 24.8 Å². The summed E-state index contributed by atoms with van der Waals surface area (Å²) in [7, 11) is 0. The van der Waals surface area contributed by atoms with Gasteiger partial charge in [-0.3, -0.25) is 4.79 Å². The lowest BCUT2D eigenvalue weighted by Crippen LogP contribution is -2.48. The van der Waals surface area contributed by atoms with E-state index in [0.29, 0.717) is 19.5 Å². The molecule has 0 saturated carbocycles. The highest BCUT2D eigenvalue weighted by atomic mass is 16.5. The Kier molecular flexibility index (Phi) is 6.70. The minimum Gasteiger partial charge on any atom is -0.479 e. The van der Waals surface area contributed by atoms with Gasteiger partial charge in [-0.25, -0.2) is 9.59 Å². The van der Waals surface area contributed by atoms with Crippen molar-refractivity contribution in [1.29, 1.82) is 0 Å². The summed E-state index contributed by atoms with van der Waals surface area (Å²) in [5.74, 6) is -1.22. The maximum absolute atomic E-state index is 12.3. The molecule has 1 fully saturated rings. The lowest BCUT2D eigenvalue weighted by molar-refractivity contribution is -0.159. The number of fused-ring (bicyclic) bond motifs is 3. The molecule has 2 aromatic rings. The summed E-state index contributed by atoms with van der Waals surface area (Å²) in [5, 5.41) is 11.7. The van der Waals surface area contributed by atoms with Crippen LogP contribution in [0, 0.1) is 0 Å². The molecule has 1 aliphatic heterocycles. The van der Waals surface area contributed by atoms with Gasteiger partial charge in [-0.15, -0.1) is 0 Å². The smallest absolute Gasteiger partial charge is 0.407 e. The summed E-state index contributed by atoms with van der Waals surface area (Å²) in [4.78, 5) is 37.0. The first kappa shape index (κ1) is 21.8. The van der Waals surface area contributed by atoms with Crippen LogP contribution in [-0.2, 0) is 19.1 Å². The number of hydrogen-bond donors (Lipinski definition) is 2. The SMILES string of the molecule is O=C(NCCCC(=O)N1CCOC(C(=O)O)C1)OCC1c2ccccc2-c2ccccc21. The number of carbonyl (C=O) groups excluding carboxylic acids is 2. The highest BCUT2D eigenvalue weighted by Crippen LogP contribution is 2.44. The quantitative estimate of drug-likeness (QED) is 0.644. The van der Waals surface area contributed by atoms with E-state index in [-0.39, 0.29) is 38.0 Å². The summed E-state index contributed by atoms with van der Waals surface area (Å²) in [5.41, 5.74) is 4.64. The Morgan fingerprint density at radius 3 is 2.38 bits per heavy atom. The van der Waals surface area contributed by atoms with E-state index in [2.05, 4.69) is 29.6 Å². The molecular weight excluding hydrogens is 412 g/mol. The van der Waals surface area contributed by atoms with Gasteiger partial charge in [-0.2, -0.15) is 0 Å². The molecule has 2 amide bonds. The molecule has 1 unspecified atom stereocenters. The molecule has 0 spiro atoms. The van der Waals surface area contributed by atoms with Crippen LogP contribution in [0.15, 0.2) is 48.5 Å². The van der Waals surface area contributed by atoms with Crippen LogP contribution in [0.5, 0.6) is 0 Å². The molecule has 2 aliphatic rings. The van der Waals surface area contributed by atoms with Crippen LogP contribution < -0.4 is 5.32 Å². The van der Waals surface area contributed by atoms with E-state index in [1.54, 1.807) is 0 Å². The first-order valence-corrected chi connectivity index (χ1v) is 10.8. The summed E-state index contributed by atoms with van der Waals surface area (Å²) >= 11 is 0. The van der Waals surface area contributed by atoms with Crippen molar-refractivity contribution in [2.45, 2.75) is 24.9 Å². The second kappa shape index (κ2) is 9.82. The van der Waals surface area contributed by atoms with Crippen LogP contribution in [0.2, 0.25) is 0 Å². The van der Waals surface area contributed by atoms with Crippen LogP contribution in [-0.4, -0.2) is 66.9 Å². The molecule has 0 radical (unpaired) electrons. The third kappa shape index (κ3) is 4.75. The van der Waals surface area contributed by atoms with Gasteiger partial charge in [0.2, 0.25) is 5.91 Å². The Bertz CT molecular complexity index is 962. The molecule has 8 heteroatoms. The fourth-order valence-electron chi connectivity index (χ4n) is 4.26. The zero-order chi connectivity index (χ0) is 22.5. The van der Waals surface area contributed by atoms with E-state index in [0.717, 1.165) is 11.1 Å². The number of aliphatic carboxylic acids is 1. The van der Waals surface area contributed by atoms with Crippen molar-refractivity contribution in [2.24, 2.45) is 0 Å².